The maximum absolute atomic E-state index is 11.6. The number of halogens is 1. The summed E-state index contributed by atoms with van der Waals surface area (Å²) in [5, 5.41) is 3.94. The quantitative estimate of drug-likeness (QED) is 0.775. The Morgan fingerprint density at radius 3 is 3.06 bits per heavy atom. The van der Waals surface area contributed by atoms with Gasteiger partial charge in [0.05, 0.1) is 28.9 Å². The number of hydrogen-bond donors (Lipinski definition) is 1. The van der Waals surface area contributed by atoms with Crippen molar-refractivity contribution in [2.24, 2.45) is 0 Å². The van der Waals surface area contributed by atoms with Gasteiger partial charge >= 0.3 is 0 Å². The minimum atomic E-state index is -2.87. The molecule has 2 heterocycles. The fraction of sp³-hybridized carbons (Fsp3) is 0.455. The van der Waals surface area contributed by atoms with E-state index in [-0.39, 0.29) is 17.5 Å². The molecule has 92 valence electrons. The van der Waals surface area contributed by atoms with Crippen molar-refractivity contribution in [1.82, 2.24) is 0 Å². The summed E-state index contributed by atoms with van der Waals surface area (Å²) in [5.74, 6) is 0.480. The Bertz CT molecular complexity index is 559. The highest BCUT2D eigenvalue weighted by Gasteiger charge is 2.34. The van der Waals surface area contributed by atoms with Gasteiger partial charge in [-0.05, 0) is 18.2 Å². The van der Waals surface area contributed by atoms with Crippen molar-refractivity contribution in [1.29, 1.82) is 0 Å². The Balaban J connectivity index is 1.98. The SMILES string of the molecule is O=S1(=O)CCN2c3ccc(Cl)cc3NCC2C1. The van der Waals surface area contributed by atoms with Crippen LogP contribution in [0.3, 0.4) is 0 Å². The Morgan fingerprint density at radius 1 is 1.41 bits per heavy atom. The summed E-state index contributed by atoms with van der Waals surface area (Å²) in [6.45, 7) is 1.23. The van der Waals surface area contributed by atoms with Crippen LogP contribution in [-0.4, -0.2) is 39.1 Å². The molecule has 0 spiro atoms. The van der Waals surface area contributed by atoms with E-state index in [9.17, 15) is 8.42 Å². The van der Waals surface area contributed by atoms with Gasteiger partial charge in [-0.15, -0.1) is 0 Å². The van der Waals surface area contributed by atoms with Crippen molar-refractivity contribution in [3.63, 3.8) is 0 Å². The molecular formula is C11H13ClN2O2S. The van der Waals surface area contributed by atoms with Crippen molar-refractivity contribution < 1.29 is 8.42 Å². The Labute approximate surface area is 105 Å². The lowest BCUT2D eigenvalue weighted by Gasteiger charge is -2.42. The smallest absolute Gasteiger partial charge is 0.154 e. The van der Waals surface area contributed by atoms with Crippen LogP contribution in [0.2, 0.25) is 5.02 Å². The van der Waals surface area contributed by atoms with Gasteiger partial charge in [0.25, 0.3) is 0 Å². The van der Waals surface area contributed by atoms with Crippen LogP contribution >= 0.6 is 11.6 Å². The van der Waals surface area contributed by atoms with Gasteiger partial charge in [0.15, 0.2) is 9.84 Å². The van der Waals surface area contributed by atoms with Crippen molar-refractivity contribution in [3.8, 4) is 0 Å². The van der Waals surface area contributed by atoms with Gasteiger partial charge in [0.1, 0.15) is 0 Å². The van der Waals surface area contributed by atoms with Crippen LogP contribution < -0.4 is 10.2 Å². The van der Waals surface area contributed by atoms with Crippen molar-refractivity contribution in [2.45, 2.75) is 6.04 Å². The van der Waals surface area contributed by atoms with E-state index in [1.54, 1.807) is 0 Å². The Hall–Kier alpha value is -0.940. The second kappa shape index (κ2) is 3.78. The molecule has 17 heavy (non-hydrogen) atoms. The second-order valence-corrected chi connectivity index (χ2v) is 7.17. The van der Waals surface area contributed by atoms with Crippen LogP contribution in [0, 0.1) is 0 Å². The summed E-state index contributed by atoms with van der Waals surface area (Å²) < 4.78 is 23.2. The highest BCUT2D eigenvalue weighted by Crippen LogP contribution is 2.35. The molecule has 1 saturated heterocycles. The molecule has 6 heteroatoms. The third-order valence-electron chi connectivity index (χ3n) is 3.33. The molecule has 1 atom stereocenters. The maximum Gasteiger partial charge on any atom is 0.154 e. The first kappa shape index (κ1) is 11.2. The lowest BCUT2D eigenvalue weighted by Crippen LogP contribution is -2.54. The van der Waals surface area contributed by atoms with Gasteiger partial charge in [0.2, 0.25) is 0 Å². The molecule has 1 unspecified atom stereocenters. The zero-order chi connectivity index (χ0) is 12.0. The van der Waals surface area contributed by atoms with Crippen LogP contribution in [0.25, 0.3) is 0 Å². The van der Waals surface area contributed by atoms with Crippen LogP contribution in [0.15, 0.2) is 18.2 Å². The predicted molar refractivity (Wildman–Crippen MR) is 69.7 cm³/mol. The molecule has 0 aromatic heterocycles. The Kier molecular flexibility index (Phi) is 2.48. The van der Waals surface area contributed by atoms with Crippen molar-refractivity contribution >= 4 is 32.8 Å². The normalized spacial score (nSPS) is 25.7. The summed E-state index contributed by atoms with van der Waals surface area (Å²) in [6, 6.07) is 5.72. The second-order valence-electron chi connectivity index (χ2n) is 4.50. The van der Waals surface area contributed by atoms with Gasteiger partial charge in [-0.3, -0.25) is 0 Å². The number of nitrogens with zero attached hydrogens (tertiary/aromatic N) is 1. The molecule has 0 aliphatic carbocycles. The fourth-order valence-corrected chi connectivity index (χ4v) is 4.20. The molecule has 1 aromatic rings. The molecular weight excluding hydrogens is 260 g/mol. The number of benzene rings is 1. The fourth-order valence-electron chi connectivity index (χ4n) is 2.50. The summed E-state index contributed by atoms with van der Waals surface area (Å²) in [7, 11) is -2.87. The molecule has 2 aliphatic rings. The predicted octanol–water partition coefficient (Wildman–Crippen LogP) is 1.37. The van der Waals surface area contributed by atoms with Crippen LogP contribution in [0.1, 0.15) is 0 Å². The average Bonchev–Trinajstić information content (AvgIpc) is 2.27. The molecule has 1 N–H and O–H groups in total. The van der Waals surface area contributed by atoms with E-state index in [4.69, 9.17) is 11.6 Å². The molecule has 1 aromatic carbocycles. The summed E-state index contributed by atoms with van der Waals surface area (Å²) >= 11 is 5.94. The standard InChI is InChI=1S/C11H13ClN2O2S/c12-8-1-2-11-10(5-8)13-6-9-7-17(15,16)4-3-14(9)11/h1-2,5,9,13H,3-4,6-7H2. The monoisotopic (exact) mass is 272 g/mol. The third kappa shape index (κ3) is 1.98. The van der Waals surface area contributed by atoms with Gasteiger partial charge in [-0.2, -0.15) is 0 Å². The zero-order valence-electron chi connectivity index (χ0n) is 9.19. The van der Waals surface area contributed by atoms with E-state index in [0.29, 0.717) is 18.1 Å². The number of anilines is 2. The van der Waals surface area contributed by atoms with E-state index in [2.05, 4.69) is 10.2 Å². The van der Waals surface area contributed by atoms with Crippen LogP contribution in [0.4, 0.5) is 11.4 Å². The third-order valence-corrected chi connectivity index (χ3v) is 5.26. The molecule has 0 saturated carbocycles. The number of nitrogens with one attached hydrogen (secondary N) is 1. The molecule has 0 bridgehead atoms. The van der Waals surface area contributed by atoms with Crippen LogP contribution in [0.5, 0.6) is 0 Å². The highest BCUT2D eigenvalue weighted by atomic mass is 35.5. The molecule has 4 nitrogen and oxygen atoms in total. The molecule has 2 aliphatic heterocycles. The Morgan fingerprint density at radius 2 is 2.24 bits per heavy atom. The number of sulfone groups is 1. The number of hydrogen-bond acceptors (Lipinski definition) is 4. The van der Waals surface area contributed by atoms with Crippen LogP contribution in [-0.2, 0) is 9.84 Å². The maximum atomic E-state index is 11.6. The van der Waals surface area contributed by atoms with Gasteiger partial charge < -0.3 is 10.2 Å². The minimum Gasteiger partial charge on any atom is -0.381 e. The van der Waals surface area contributed by atoms with Crippen molar-refractivity contribution in [3.05, 3.63) is 23.2 Å². The first-order valence-electron chi connectivity index (χ1n) is 5.56. The van der Waals surface area contributed by atoms with E-state index >= 15 is 0 Å². The molecule has 0 amide bonds. The van der Waals surface area contributed by atoms with Gasteiger partial charge in [-0.25, -0.2) is 8.42 Å². The lowest BCUT2D eigenvalue weighted by atomic mass is 10.1. The number of fused-ring (bicyclic) bond motifs is 3. The molecule has 1 fully saturated rings. The zero-order valence-corrected chi connectivity index (χ0v) is 10.8. The van der Waals surface area contributed by atoms with E-state index < -0.39 is 9.84 Å². The lowest BCUT2D eigenvalue weighted by molar-refractivity contribution is 0.559. The van der Waals surface area contributed by atoms with E-state index in [1.165, 1.54) is 0 Å². The van der Waals surface area contributed by atoms with E-state index in [1.807, 2.05) is 18.2 Å². The average molecular weight is 273 g/mol. The summed E-state index contributed by atoms with van der Waals surface area (Å²) in [5.41, 5.74) is 2.05. The molecule has 0 radical (unpaired) electrons. The van der Waals surface area contributed by atoms with Crippen molar-refractivity contribution in [2.75, 3.05) is 34.8 Å². The summed E-state index contributed by atoms with van der Waals surface area (Å²) in [4.78, 5) is 2.17. The summed E-state index contributed by atoms with van der Waals surface area (Å²) in [6.07, 6.45) is 0. The molecule has 3 rings (SSSR count). The minimum absolute atomic E-state index is 0.0439. The number of rotatable bonds is 0. The largest absolute Gasteiger partial charge is 0.381 e. The van der Waals surface area contributed by atoms with Gasteiger partial charge in [-0.1, -0.05) is 11.6 Å². The first-order chi connectivity index (χ1) is 8.05. The topological polar surface area (TPSA) is 49.4 Å². The first-order valence-corrected chi connectivity index (χ1v) is 7.76. The highest BCUT2D eigenvalue weighted by molar-refractivity contribution is 7.91. The van der Waals surface area contributed by atoms with E-state index in [0.717, 1.165) is 11.4 Å². The van der Waals surface area contributed by atoms with Gasteiger partial charge in [0, 0.05) is 18.1 Å².